The number of nitrogens with zero attached hydrogens (tertiary/aromatic N) is 3. The number of phenols is 1. The van der Waals surface area contributed by atoms with Crippen LogP contribution >= 0.6 is 0 Å². The van der Waals surface area contributed by atoms with E-state index in [-0.39, 0.29) is 69.1 Å². The highest BCUT2D eigenvalue weighted by Gasteiger charge is 2.27. The standard InChI is InChI=1S/C67H71N3O/c1-41(2)48-38-55(42(3)4)63(71)56(39-48)64-69-62-54(49-35-50(37-52(36-49)66(9,10)11)58-40-46(32-33-68-58)44-26-29-51(30-27-44)65(6,7)8)23-19-25-60(62)70(64)59-31-28-47(34-43(59)5)61-53(45-20-16-15-17-21-45)22-18-24-57(61)67(12,13)14/h15-42,71H,1-14H3/i5D3,26D,27D,29D,30D,32D,33D,40D. The molecule has 71 heavy (non-hydrogen) atoms. The summed E-state index contributed by atoms with van der Waals surface area (Å²) in [4.78, 5) is 10.0. The summed E-state index contributed by atoms with van der Waals surface area (Å²) in [6, 6.07) is 35.2. The summed E-state index contributed by atoms with van der Waals surface area (Å²) < 4.78 is 93.9. The number of rotatable bonds is 9. The fourth-order valence-corrected chi connectivity index (χ4v) is 9.36. The molecule has 0 atom stereocenters. The maximum Gasteiger partial charge on any atom is 0.149 e. The Balaban J connectivity index is 1.36. The quantitative estimate of drug-likeness (QED) is 0.157. The summed E-state index contributed by atoms with van der Waals surface area (Å²) >= 11 is 0. The van der Waals surface area contributed by atoms with E-state index in [1.54, 1.807) is 26.8 Å². The van der Waals surface area contributed by atoms with Gasteiger partial charge in [0.1, 0.15) is 11.6 Å². The van der Waals surface area contributed by atoms with Crippen LogP contribution in [0.2, 0.25) is 0 Å². The Labute approximate surface area is 437 Å². The molecule has 0 aliphatic carbocycles. The van der Waals surface area contributed by atoms with Gasteiger partial charge in [-0.25, -0.2) is 4.98 Å². The molecule has 9 rings (SSSR count). The van der Waals surface area contributed by atoms with Gasteiger partial charge in [0.15, 0.2) is 0 Å². The van der Waals surface area contributed by atoms with E-state index in [4.69, 9.17) is 13.2 Å². The number of phenolic OH excluding ortho intramolecular Hbond substituents is 1. The van der Waals surface area contributed by atoms with Gasteiger partial charge >= 0.3 is 0 Å². The molecule has 0 amide bonds. The van der Waals surface area contributed by atoms with Gasteiger partial charge < -0.3 is 5.11 Å². The van der Waals surface area contributed by atoms with Crippen molar-refractivity contribution in [3.63, 3.8) is 0 Å². The molecule has 0 unspecified atom stereocenters. The molecule has 4 heteroatoms. The second kappa shape index (κ2) is 18.6. The first-order chi connectivity index (χ1) is 37.7. The molecule has 0 bridgehead atoms. The Bertz CT molecular complexity index is 3940. The normalized spacial score (nSPS) is 14.6. The third-order valence-corrected chi connectivity index (χ3v) is 13.5. The van der Waals surface area contributed by atoms with Crippen molar-refractivity contribution in [1.29, 1.82) is 0 Å². The van der Waals surface area contributed by atoms with Crippen molar-refractivity contribution >= 4 is 11.0 Å². The predicted octanol–water partition coefficient (Wildman–Crippen LogP) is 18.6. The predicted molar refractivity (Wildman–Crippen MR) is 302 cm³/mol. The fraction of sp³-hybridized carbons (Fsp3) is 0.284. The van der Waals surface area contributed by atoms with Crippen LogP contribution in [0.25, 0.3) is 83.9 Å². The first kappa shape index (κ1) is 37.7. The second-order valence-electron chi connectivity index (χ2n) is 22.6. The van der Waals surface area contributed by atoms with Crippen LogP contribution in [0, 0.1) is 6.85 Å². The third-order valence-electron chi connectivity index (χ3n) is 13.5. The van der Waals surface area contributed by atoms with Crippen molar-refractivity contribution in [2.45, 2.75) is 125 Å². The summed E-state index contributed by atoms with van der Waals surface area (Å²) in [6.07, 6.45) is -0.501. The summed E-state index contributed by atoms with van der Waals surface area (Å²) in [5.74, 6) is 0.339. The smallest absolute Gasteiger partial charge is 0.149 e. The molecule has 0 spiro atoms. The third kappa shape index (κ3) is 9.62. The lowest BCUT2D eigenvalue weighted by atomic mass is 9.78. The number of benzene rings is 7. The molecule has 7 aromatic carbocycles. The molecule has 0 radical (unpaired) electrons. The molecule has 360 valence electrons. The van der Waals surface area contributed by atoms with Gasteiger partial charge in [-0.2, -0.15) is 0 Å². The number of imidazole rings is 1. The van der Waals surface area contributed by atoms with E-state index in [2.05, 4.69) is 63.9 Å². The van der Waals surface area contributed by atoms with Crippen LogP contribution in [0.5, 0.6) is 5.75 Å². The largest absolute Gasteiger partial charge is 0.507 e. The van der Waals surface area contributed by atoms with Crippen LogP contribution in [0.1, 0.15) is 149 Å². The minimum atomic E-state index is -2.65. The Hall–Kier alpha value is -7.04. The molecular formula is C67H71N3O. The number of pyridine rings is 1. The molecule has 0 aliphatic heterocycles. The maximum atomic E-state index is 12.5. The zero-order valence-corrected chi connectivity index (χ0v) is 43.4. The second-order valence-corrected chi connectivity index (χ2v) is 22.6. The van der Waals surface area contributed by atoms with Gasteiger partial charge in [-0.3, -0.25) is 9.55 Å². The zero-order valence-electron chi connectivity index (χ0n) is 53.4. The lowest BCUT2D eigenvalue weighted by molar-refractivity contribution is 0.466. The van der Waals surface area contributed by atoms with Crippen molar-refractivity contribution in [3.05, 3.63) is 191 Å². The van der Waals surface area contributed by atoms with E-state index in [0.717, 1.165) is 44.5 Å². The van der Waals surface area contributed by atoms with E-state index in [0.29, 0.717) is 44.8 Å². The monoisotopic (exact) mass is 944 g/mol. The van der Waals surface area contributed by atoms with Crippen LogP contribution in [0.3, 0.4) is 0 Å². The van der Waals surface area contributed by atoms with Gasteiger partial charge in [0.05, 0.1) is 37.6 Å². The van der Waals surface area contributed by atoms with Crippen molar-refractivity contribution in [2.75, 3.05) is 0 Å². The van der Waals surface area contributed by atoms with E-state index in [1.807, 2.05) is 124 Å². The van der Waals surface area contributed by atoms with Crippen molar-refractivity contribution in [3.8, 4) is 78.6 Å². The summed E-state index contributed by atoms with van der Waals surface area (Å²) in [5, 5.41) is 12.5. The SMILES string of the molecule is [2H]c1nc(-c2cc(-c3cccc4c3nc(-c3cc(C(C)C)cc(C(C)C)c3O)n4-c3ccc(-c4c(-c5ccccc5)cccc4C(C)(C)C)cc3C([2H])([2H])[2H])cc(C(C)(C)C)c2)c([2H])c(-c2c([2H])c([2H])c(C(C)(C)C)c([2H])c2[2H])c1[2H]. The van der Waals surface area contributed by atoms with E-state index < -0.39 is 42.0 Å². The summed E-state index contributed by atoms with van der Waals surface area (Å²) in [6.45, 7) is 23.6. The Morgan fingerprint density at radius 1 is 0.563 bits per heavy atom. The topological polar surface area (TPSA) is 50.9 Å². The summed E-state index contributed by atoms with van der Waals surface area (Å²) in [5.41, 5.74) is 8.97. The summed E-state index contributed by atoms with van der Waals surface area (Å²) in [7, 11) is 0. The average Bonchev–Trinajstić information content (AvgIpc) is 4.09. The molecule has 0 saturated heterocycles. The van der Waals surface area contributed by atoms with Crippen LogP contribution in [0.15, 0.2) is 158 Å². The number of aromatic hydroxyl groups is 1. The van der Waals surface area contributed by atoms with Gasteiger partial charge in [0, 0.05) is 21.4 Å². The number of aromatic nitrogens is 3. The molecule has 4 nitrogen and oxygen atoms in total. The van der Waals surface area contributed by atoms with E-state index in [9.17, 15) is 10.6 Å². The van der Waals surface area contributed by atoms with Crippen molar-refractivity contribution in [1.82, 2.24) is 14.5 Å². The average molecular weight is 944 g/mol. The van der Waals surface area contributed by atoms with Gasteiger partial charge in [0.25, 0.3) is 0 Å². The highest BCUT2D eigenvalue weighted by molar-refractivity contribution is 5.97. The number of para-hydroxylation sites is 1. The van der Waals surface area contributed by atoms with Crippen LogP contribution in [-0.4, -0.2) is 19.6 Å². The van der Waals surface area contributed by atoms with Crippen LogP contribution in [-0.2, 0) is 16.2 Å². The Morgan fingerprint density at radius 2 is 1.25 bits per heavy atom. The molecule has 0 fully saturated rings. The zero-order chi connectivity index (χ0) is 59.3. The molecular weight excluding hydrogens is 863 g/mol. The molecule has 2 aromatic heterocycles. The number of fused-ring (bicyclic) bond motifs is 1. The van der Waals surface area contributed by atoms with Crippen LogP contribution in [0.4, 0.5) is 0 Å². The van der Waals surface area contributed by atoms with E-state index in [1.165, 1.54) is 0 Å². The molecule has 0 aliphatic rings. The fourth-order valence-electron chi connectivity index (χ4n) is 9.36. The molecule has 2 heterocycles. The lowest BCUT2D eigenvalue weighted by Gasteiger charge is -2.26. The minimum absolute atomic E-state index is 0.0102. The number of aryl methyl sites for hydroxylation is 1. The lowest BCUT2D eigenvalue weighted by Crippen LogP contribution is -2.13. The molecule has 9 aromatic rings. The first-order valence-corrected chi connectivity index (χ1v) is 24.7. The first-order valence-electron chi connectivity index (χ1n) is 29.7. The Morgan fingerprint density at radius 3 is 1.92 bits per heavy atom. The van der Waals surface area contributed by atoms with Gasteiger partial charge in [-0.1, -0.05) is 193 Å². The van der Waals surface area contributed by atoms with Gasteiger partial charge in [0.2, 0.25) is 0 Å². The molecule has 0 saturated carbocycles. The number of hydrogen-bond donors (Lipinski definition) is 1. The molecule has 1 N–H and O–H groups in total. The van der Waals surface area contributed by atoms with E-state index >= 15 is 0 Å². The highest BCUT2D eigenvalue weighted by Crippen LogP contribution is 2.46. The van der Waals surface area contributed by atoms with Crippen molar-refractivity contribution < 1.29 is 18.8 Å². The highest BCUT2D eigenvalue weighted by atomic mass is 16.3. The maximum absolute atomic E-state index is 12.5. The van der Waals surface area contributed by atoms with Gasteiger partial charge in [-0.15, -0.1) is 0 Å². The van der Waals surface area contributed by atoms with Gasteiger partial charge in [-0.05, 0) is 156 Å². The van der Waals surface area contributed by atoms with Crippen LogP contribution < -0.4 is 0 Å². The number of hydrogen-bond acceptors (Lipinski definition) is 3. The minimum Gasteiger partial charge on any atom is -0.507 e. The van der Waals surface area contributed by atoms with Crippen molar-refractivity contribution in [2.24, 2.45) is 0 Å². The Kier molecular flexibility index (Phi) is 9.89.